The largest absolute Gasteiger partial charge is 0.545 e. The Morgan fingerprint density at radius 3 is 0.728 bits per heavy atom. The van der Waals surface area contributed by atoms with Gasteiger partial charge in [0, 0.05) is 11.1 Å². The molecule has 0 aromatic heterocycles. The van der Waals surface area contributed by atoms with E-state index in [1.54, 1.807) is 48.5 Å². The van der Waals surface area contributed by atoms with E-state index < -0.39 is 35.8 Å². The fraction of sp³-hybridized carbons (Fsp3) is 0.289. The zero-order valence-corrected chi connectivity index (χ0v) is 57.9. The molecule has 0 aliphatic heterocycles. The number of carbonyl (C=O) groups excluding carboxylic acids is 6. The summed E-state index contributed by atoms with van der Waals surface area (Å²) in [6.07, 6.45) is 0. The zero-order valence-electron chi connectivity index (χ0n) is 57.9. The molecule has 0 spiro atoms. The number of aryl methyl sites for hydroxylation is 6. The second-order valence-corrected chi connectivity index (χ2v) is 17.2. The standard InChI is InChI=1S/C16H14N2O4.C16H14O4.C14H12N2O2.C14H12O2.8C2H6/c1-9-3-10(2)5-13(4-9)17-18-14-7-11(15(19)20)6-12(8-14)16(21)22;1-9-3-10(2)5-11(4-9)12-6-13(15(17)18)8-14(7-12)16(19)20;1-10-2-6-12(7-3-10)15-16-13-8-4-11(5-9-13)14(17)18;1-10-2-4-11(5-3-10)12-6-8-13(9-7-12)14(15)16;8*1-2/h3-8H,1-2H3,(H,19,20)(H,21,22);3-8H,1-2H3,(H,17,18)(H,19,20);2-9H,1H3,(H,17,18);2-9H,1H3,(H,15,16);8*1-2H3/p-6. The van der Waals surface area contributed by atoms with E-state index in [9.17, 15) is 59.4 Å². The minimum absolute atomic E-state index is 0.0973. The zero-order chi connectivity index (χ0) is 71.6. The molecule has 496 valence electrons. The van der Waals surface area contributed by atoms with E-state index in [-0.39, 0.29) is 39.1 Å². The first kappa shape index (κ1) is 88.2. The first-order valence-electron chi connectivity index (χ1n) is 31.0. The molecule has 16 heteroatoms. The second-order valence-electron chi connectivity index (χ2n) is 17.2. The molecule has 0 N–H and O–H groups in total. The van der Waals surface area contributed by atoms with E-state index in [1.165, 1.54) is 42.0 Å². The number of hydrogen-bond donors (Lipinski definition) is 0. The molecule has 0 unspecified atom stereocenters. The lowest BCUT2D eigenvalue weighted by molar-refractivity contribution is -0.257. The van der Waals surface area contributed by atoms with Gasteiger partial charge in [0.1, 0.15) is 0 Å². The summed E-state index contributed by atoms with van der Waals surface area (Å²) in [4.78, 5) is 64.9. The Hall–Kier alpha value is -10.2. The van der Waals surface area contributed by atoms with Crippen LogP contribution in [-0.2, 0) is 0 Å². The number of rotatable bonds is 12. The third-order valence-electron chi connectivity index (χ3n) is 10.8. The average molecular weight is 1260 g/mol. The normalized spacial score (nSPS) is 9.20. The Kier molecular flexibility index (Phi) is 49.5. The van der Waals surface area contributed by atoms with Crippen LogP contribution < -0.4 is 30.6 Å². The maximum absolute atomic E-state index is 11.0. The van der Waals surface area contributed by atoms with Gasteiger partial charge in [0.15, 0.2) is 0 Å². The van der Waals surface area contributed by atoms with E-state index in [4.69, 9.17) is 0 Å². The molecule has 0 aliphatic rings. The molecule has 0 atom stereocenters. The van der Waals surface area contributed by atoms with Crippen LogP contribution in [0.5, 0.6) is 0 Å². The summed E-state index contributed by atoms with van der Waals surface area (Å²) in [5, 5.41) is 80.8. The molecular formula is C76H94N4O12-6. The lowest BCUT2D eigenvalue weighted by Crippen LogP contribution is -2.25. The molecule has 8 aromatic carbocycles. The molecule has 0 saturated heterocycles. The Morgan fingerprint density at radius 1 is 0.207 bits per heavy atom. The molecule has 0 heterocycles. The van der Waals surface area contributed by atoms with Gasteiger partial charge in [-0.1, -0.05) is 230 Å². The van der Waals surface area contributed by atoms with Crippen LogP contribution in [0.1, 0.15) is 206 Å². The first-order valence-corrected chi connectivity index (χ1v) is 31.0. The van der Waals surface area contributed by atoms with Crippen molar-refractivity contribution >= 4 is 58.6 Å². The lowest BCUT2D eigenvalue weighted by Gasteiger charge is -2.12. The van der Waals surface area contributed by atoms with Gasteiger partial charge in [-0.2, -0.15) is 20.5 Å². The van der Waals surface area contributed by atoms with Crippen molar-refractivity contribution in [3.8, 4) is 22.3 Å². The minimum Gasteiger partial charge on any atom is -0.545 e. The van der Waals surface area contributed by atoms with E-state index in [0.717, 1.165) is 62.3 Å². The predicted molar refractivity (Wildman–Crippen MR) is 363 cm³/mol. The van der Waals surface area contributed by atoms with Crippen molar-refractivity contribution in [1.29, 1.82) is 0 Å². The third kappa shape index (κ3) is 34.5. The Bertz CT molecular complexity index is 3380. The molecule has 0 fully saturated rings. The van der Waals surface area contributed by atoms with Gasteiger partial charge in [-0.3, -0.25) is 0 Å². The van der Waals surface area contributed by atoms with Crippen LogP contribution in [-0.4, -0.2) is 35.8 Å². The van der Waals surface area contributed by atoms with Crippen molar-refractivity contribution in [3.05, 3.63) is 237 Å². The van der Waals surface area contributed by atoms with E-state index >= 15 is 0 Å². The summed E-state index contributed by atoms with van der Waals surface area (Å²) in [7, 11) is 0. The molecule has 8 aromatic rings. The highest BCUT2D eigenvalue weighted by Crippen LogP contribution is 2.27. The van der Waals surface area contributed by atoms with Crippen LogP contribution in [0.4, 0.5) is 22.7 Å². The van der Waals surface area contributed by atoms with Crippen molar-refractivity contribution in [2.45, 2.75) is 152 Å². The topological polar surface area (TPSA) is 290 Å². The van der Waals surface area contributed by atoms with Crippen LogP contribution >= 0.6 is 0 Å². The highest BCUT2D eigenvalue weighted by molar-refractivity contribution is 5.95. The minimum atomic E-state index is -1.49. The molecule has 8 rings (SSSR count). The maximum Gasteiger partial charge on any atom is 0.0870 e. The van der Waals surface area contributed by atoms with Gasteiger partial charge >= 0.3 is 0 Å². The molecule has 0 aliphatic carbocycles. The average Bonchev–Trinajstić information content (AvgIpc) is 0.980. The predicted octanol–water partition coefficient (Wildman–Crippen LogP) is 15.2. The Morgan fingerprint density at radius 2 is 0.424 bits per heavy atom. The van der Waals surface area contributed by atoms with Gasteiger partial charge in [-0.05, 0) is 170 Å². The lowest BCUT2D eigenvalue weighted by atomic mass is 9.97. The summed E-state index contributed by atoms with van der Waals surface area (Å²) in [6, 6.07) is 46.9. The molecule has 0 saturated carbocycles. The van der Waals surface area contributed by atoms with Crippen molar-refractivity contribution in [2.75, 3.05) is 0 Å². The number of aromatic carboxylic acids is 6. The number of azo groups is 2. The van der Waals surface area contributed by atoms with Gasteiger partial charge in [-0.25, -0.2) is 0 Å². The van der Waals surface area contributed by atoms with Crippen molar-refractivity contribution in [2.24, 2.45) is 20.5 Å². The maximum atomic E-state index is 11.0. The molecular weight excluding hydrogens is 1160 g/mol. The Labute approximate surface area is 547 Å². The van der Waals surface area contributed by atoms with Crippen molar-refractivity contribution < 1.29 is 59.4 Å². The number of carboxylic acid groups (broad SMARTS) is 6. The third-order valence-corrected chi connectivity index (χ3v) is 10.8. The molecule has 0 amide bonds. The number of carbonyl (C=O) groups is 6. The summed E-state index contributed by atoms with van der Waals surface area (Å²) >= 11 is 0. The highest BCUT2D eigenvalue weighted by Gasteiger charge is 2.08. The summed E-state index contributed by atoms with van der Waals surface area (Å²) in [6.45, 7) is 43.7. The number of nitrogens with zero attached hydrogens (tertiary/aromatic N) is 4. The number of carboxylic acids is 6. The molecule has 0 radical (unpaired) electrons. The van der Waals surface area contributed by atoms with Crippen LogP contribution in [0.15, 0.2) is 190 Å². The second kappa shape index (κ2) is 51.6. The van der Waals surface area contributed by atoms with Gasteiger partial charge < -0.3 is 59.4 Å². The summed E-state index contributed by atoms with van der Waals surface area (Å²) < 4.78 is 0. The number of benzene rings is 8. The quantitative estimate of drug-likeness (QED) is 0.103. The number of hydrogen-bond acceptors (Lipinski definition) is 16. The van der Waals surface area contributed by atoms with Crippen LogP contribution in [0.2, 0.25) is 0 Å². The van der Waals surface area contributed by atoms with Gasteiger partial charge in [0.25, 0.3) is 0 Å². The fourth-order valence-corrected chi connectivity index (χ4v) is 7.14. The molecule has 0 bridgehead atoms. The van der Waals surface area contributed by atoms with Gasteiger partial charge in [-0.15, -0.1) is 0 Å². The first-order chi connectivity index (χ1) is 44.0. The summed E-state index contributed by atoms with van der Waals surface area (Å²) in [5.41, 5.74) is 11.2. The smallest absolute Gasteiger partial charge is 0.0870 e. The fourth-order valence-electron chi connectivity index (χ4n) is 7.14. The highest BCUT2D eigenvalue weighted by atomic mass is 16.4. The molecule has 16 nitrogen and oxygen atoms in total. The molecule has 92 heavy (non-hydrogen) atoms. The van der Waals surface area contributed by atoms with Crippen LogP contribution in [0.3, 0.4) is 0 Å². The Balaban J connectivity index is -0.000000523. The van der Waals surface area contributed by atoms with E-state index in [0.29, 0.717) is 16.9 Å². The van der Waals surface area contributed by atoms with E-state index in [1.807, 2.05) is 225 Å². The van der Waals surface area contributed by atoms with E-state index in [2.05, 4.69) is 20.5 Å². The monoisotopic (exact) mass is 1250 g/mol. The summed E-state index contributed by atoms with van der Waals surface area (Å²) in [5.74, 6) is -8.16. The van der Waals surface area contributed by atoms with Gasteiger partial charge in [0.05, 0.1) is 58.6 Å². The van der Waals surface area contributed by atoms with Crippen molar-refractivity contribution in [3.63, 3.8) is 0 Å². The van der Waals surface area contributed by atoms with Crippen LogP contribution in [0, 0.1) is 41.5 Å². The van der Waals surface area contributed by atoms with Crippen molar-refractivity contribution in [1.82, 2.24) is 0 Å². The van der Waals surface area contributed by atoms with Gasteiger partial charge in [0.2, 0.25) is 0 Å². The SMILES string of the molecule is CC.CC.CC.CC.CC.CC.CC.CC.Cc1cc(C)cc(-c2cc(C(=O)[O-])cc(C(=O)[O-])c2)c1.Cc1cc(C)cc(N=Nc2cc(C(=O)[O-])cc(C(=O)[O-])c2)c1.Cc1ccc(-c2ccc(C(=O)[O-])cc2)cc1.Cc1ccc(N=Nc2ccc(C(=O)[O-])cc2)cc1. The van der Waals surface area contributed by atoms with Crippen LogP contribution in [0.25, 0.3) is 22.3 Å².